The first-order valence-electron chi connectivity index (χ1n) is 9.16. The van der Waals surface area contributed by atoms with Gasteiger partial charge < -0.3 is 15.1 Å². The monoisotopic (exact) mass is 382 g/mol. The van der Waals surface area contributed by atoms with Crippen molar-refractivity contribution in [2.45, 2.75) is 18.2 Å². The first kappa shape index (κ1) is 20.8. The second-order valence-corrected chi connectivity index (χ2v) is 8.60. The Morgan fingerprint density at radius 1 is 1.12 bits per heavy atom. The van der Waals surface area contributed by atoms with Crippen LogP contribution in [-0.2, 0) is 14.8 Å². The van der Waals surface area contributed by atoms with Gasteiger partial charge in [0.25, 0.3) is 0 Å². The van der Waals surface area contributed by atoms with Gasteiger partial charge in [0.1, 0.15) is 0 Å². The van der Waals surface area contributed by atoms with E-state index in [1.54, 1.807) is 18.2 Å². The van der Waals surface area contributed by atoms with E-state index >= 15 is 0 Å². The second kappa shape index (κ2) is 10.0. The fourth-order valence-corrected chi connectivity index (χ4v) is 4.12. The van der Waals surface area contributed by atoms with Crippen molar-refractivity contribution in [3.63, 3.8) is 0 Å². The van der Waals surface area contributed by atoms with Crippen molar-refractivity contribution < 1.29 is 13.2 Å². The first-order chi connectivity index (χ1) is 12.4. The fraction of sp³-hybridized carbons (Fsp3) is 0.611. The van der Waals surface area contributed by atoms with E-state index in [4.69, 9.17) is 0 Å². The van der Waals surface area contributed by atoms with Crippen LogP contribution < -0.4 is 5.32 Å². The Kier molecular flexibility index (Phi) is 8.02. The predicted molar refractivity (Wildman–Crippen MR) is 102 cm³/mol. The van der Waals surface area contributed by atoms with Crippen molar-refractivity contribution in [2.24, 2.45) is 0 Å². The van der Waals surface area contributed by atoms with E-state index in [2.05, 4.69) is 22.0 Å². The summed E-state index contributed by atoms with van der Waals surface area (Å²) in [5.41, 5.74) is 0. The largest absolute Gasteiger partial charge is 0.355 e. The molecule has 0 spiro atoms. The molecule has 0 aliphatic carbocycles. The smallest absolute Gasteiger partial charge is 0.243 e. The van der Waals surface area contributed by atoms with Gasteiger partial charge in [0.2, 0.25) is 15.9 Å². The maximum atomic E-state index is 12.4. The minimum atomic E-state index is -3.63. The number of rotatable bonds is 9. The molecule has 1 N–H and O–H groups in total. The number of carbonyl (C=O) groups is 1. The zero-order valence-electron chi connectivity index (χ0n) is 15.7. The van der Waals surface area contributed by atoms with Crippen LogP contribution in [0.3, 0.4) is 0 Å². The molecule has 0 unspecified atom stereocenters. The predicted octanol–water partition coefficient (Wildman–Crippen LogP) is 0.451. The van der Waals surface area contributed by atoms with Crippen molar-refractivity contribution in [3.05, 3.63) is 30.3 Å². The molecule has 1 aliphatic rings. The summed E-state index contributed by atoms with van der Waals surface area (Å²) < 4.78 is 25.9. The standard InChI is InChI=1S/C18H30N4O3S/c1-3-21-12-14-22(15-13-21)11-7-10-19-18(23)16-20(2)26(24,25)17-8-5-4-6-9-17/h4-6,8-9H,3,7,10-16H2,1-2H3,(H,19,23). The number of sulfonamides is 1. The summed E-state index contributed by atoms with van der Waals surface area (Å²) in [4.78, 5) is 17.1. The van der Waals surface area contributed by atoms with Crippen molar-refractivity contribution in [3.8, 4) is 0 Å². The Morgan fingerprint density at radius 3 is 2.35 bits per heavy atom. The molecule has 2 rings (SSSR count). The lowest BCUT2D eigenvalue weighted by atomic mass is 10.3. The first-order valence-corrected chi connectivity index (χ1v) is 10.6. The van der Waals surface area contributed by atoms with Crippen LogP contribution in [0.25, 0.3) is 0 Å². The third kappa shape index (κ3) is 6.05. The van der Waals surface area contributed by atoms with Crippen molar-refractivity contribution >= 4 is 15.9 Å². The maximum Gasteiger partial charge on any atom is 0.243 e. The number of hydrogen-bond donors (Lipinski definition) is 1. The summed E-state index contributed by atoms with van der Waals surface area (Å²) in [5.74, 6) is -0.275. The van der Waals surface area contributed by atoms with Crippen LogP contribution in [0, 0.1) is 0 Å². The normalized spacial score (nSPS) is 16.7. The third-order valence-electron chi connectivity index (χ3n) is 4.70. The van der Waals surface area contributed by atoms with Gasteiger partial charge in [-0.05, 0) is 31.6 Å². The van der Waals surface area contributed by atoms with Crippen LogP contribution in [-0.4, -0.2) is 87.8 Å². The topological polar surface area (TPSA) is 73.0 Å². The summed E-state index contributed by atoms with van der Waals surface area (Å²) in [6, 6.07) is 8.15. The van der Waals surface area contributed by atoms with Crippen LogP contribution in [0.15, 0.2) is 35.2 Å². The molecule has 0 bridgehead atoms. The molecule has 146 valence electrons. The molecule has 0 atom stereocenters. The Morgan fingerprint density at radius 2 is 1.73 bits per heavy atom. The van der Waals surface area contributed by atoms with Crippen LogP contribution in [0.1, 0.15) is 13.3 Å². The summed E-state index contributed by atoms with van der Waals surface area (Å²) in [5, 5.41) is 2.81. The number of carbonyl (C=O) groups excluding carboxylic acids is 1. The van der Waals surface area contributed by atoms with Gasteiger partial charge in [-0.25, -0.2) is 8.42 Å². The lowest BCUT2D eigenvalue weighted by molar-refractivity contribution is -0.121. The zero-order valence-corrected chi connectivity index (χ0v) is 16.5. The average Bonchev–Trinajstić information content (AvgIpc) is 2.66. The summed E-state index contributed by atoms with van der Waals surface area (Å²) in [6.45, 7) is 8.97. The fourth-order valence-electron chi connectivity index (χ4n) is 2.98. The minimum absolute atomic E-state index is 0.174. The van der Waals surface area contributed by atoms with Crippen LogP contribution in [0.5, 0.6) is 0 Å². The molecule has 1 heterocycles. The SMILES string of the molecule is CCN1CCN(CCCNC(=O)CN(C)S(=O)(=O)c2ccccc2)CC1. The van der Waals surface area contributed by atoms with E-state index in [9.17, 15) is 13.2 Å². The second-order valence-electron chi connectivity index (χ2n) is 6.55. The lowest BCUT2D eigenvalue weighted by Crippen LogP contribution is -2.46. The Balaban J connectivity index is 1.67. The van der Waals surface area contributed by atoms with E-state index in [-0.39, 0.29) is 17.3 Å². The highest BCUT2D eigenvalue weighted by Gasteiger charge is 2.22. The van der Waals surface area contributed by atoms with Crippen molar-refractivity contribution in [1.29, 1.82) is 0 Å². The van der Waals surface area contributed by atoms with Crippen LogP contribution >= 0.6 is 0 Å². The highest BCUT2D eigenvalue weighted by Crippen LogP contribution is 2.12. The van der Waals surface area contributed by atoms with E-state index in [1.165, 1.54) is 19.2 Å². The van der Waals surface area contributed by atoms with Gasteiger partial charge in [-0.1, -0.05) is 25.1 Å². The molecule has 0 saturated carbocycles. The molecule has 1 amide bonds. The molecule has 1 saturated heterocycles. The number of benzene rings is 1. The Bertz CT molecular complexity index is 658. The molecule has 7 nitrogen and oxygen atoms in total. The maximum absolute atomic E-state index is 12.4. The molecular formula is C18H30N4O3S. The van der Waals surface area contributed by atoms with Crippen molar-refractivity contribution in [2.75, 3.05) is 59.4 Å². The molecule has 1 aliphatic heterocycles. The molecule has 1 fully saturated rings. The molecule has 8 heteroatoms. The number of nitrogens with one attached hydrogen (secondary N) is 1. The third-order valence-corrected chi connectivity index (χ3v) is 6.52. The lowest BCUT2D eigenvalue weighted by Gasteiger charge is -2.33. The Labute approximate surface area is 157 Å². The van der Waals surface area contributed by atoms with E-state index in [0.717, 1.165) is 50.0 Å². The quantitative estimate of drug-likeness (QED) is 0.628. The number of hydrogen-bond acceptors (Lipinski definition) is 5. The Hall–Kier alpha value is -1.48. The molecule has 1 aromatic carbocycles. The highest BCUT2D eigenvalue weighted by molar-refractivity contribution is 7.89. The molecule has 1 aromatic rings. The summed E-state index contributed by atoms with van der Waals surface area (Å²) in [7, 11) is -2.20. The van der Waals surface area contributed by atoms with E-state index < -0.39 is 10.0 Å². The van der Waals surface area contributed by atoms with Gasteiger partial charge >= 0.3 is 0 Å². The van der Waals surface area contributed by atoms with Gasteiger partial charge in [-0.3, -0.25) is 4.79 Å². The minimum Gasteiger partial charge on any atom is -0.355 e. The van der Waals surface area contributed by atoms with Crippen LogP contribution in [0.2, 0.25) is 0 Å². The van der Waals surface area contributed by atoms with Gasteiger partial charge in [0.05, 0.1) is 11.4 Å². The van der Waals surface area contributed by atoms with E-state index in [0.29, 0.717) is 6.54 Å². The molecule has 0 aromatic heterocycles. The average molecular weight is 383 g/mol. The summed E-state index contributed by atoms with van der Waals surface area (Å²) in [6.07, 6.45) is 0.868. The molecule has 0 radical (unpaired) electrons. The van der Waals surface area contributed by atoms with E-state index in [1.807, 2.05) is 0 Å². The van der Waals surface area contributed by atoms with Gasteiger partial charge in [0.15, 0.2) is 0 Å². The number of amides is 1. The highest BCUT2D eigenvalue weighted by atomic mass is 32.2. The number of likely N-dealkylation sites (N-methyl/N-ethyl adjacent to an activating group) is 2. The number of nitrogens with zero attached hydrogens (tertiary/aromatic N) is 3. The number of piperazine rings is 1. The molecular weight excluding hydrogens is 352 g/mol. The van der Waals surface area contributed by atoms with Gasteiger partial charge in [-0.2, -0.15) is 4.31 Å². The zero-order chi connectivity index (χ0) is 19.0. The van der Waals surface area contributed by atoms with Gasteiger partial charge in [0, 0.05) is 39.8 Å². The van der Waals surface area contributed by atoms with Gasteiger partial charge in [-0.15, -0.1) is 0 Å². The molecule has 26 heavy (non-hydrogen) atoms. The summed E-state index contributed by atoms with van der Waals surface area (Å²) >= 11 is 0. The van der Waals surface area contributed by atoms with Crippen molar-refractivity contribution in [1.82, 2.24) is 19.4 Å². The van der Waals surface area contributed by atoms with Crippen LogP contribution in [0.4, 0.5) is 0 Å².